The first-order valence-electron chi connectivity index (χ1n) is 6.50. The summed E-state index contributed by atoms with van der Waals surface area (Å²) in [6.07, 6.45) is 2.04. The zero-order valence-electron chi connectivity index (χ0n) is 11.9. The predicted molar refractivity (Wildman–Crippen MR) is 73.9 cm³/mol. The quantitative estimate of drug-likeness (QED) is 0.749. The lowest BCUT2D eigenvalue weighted by atomic mass is 10.2. The Morgan fingerprint density at radius 3 is 2.65 bits per heavy atom. The fourth-order valence-corrected chi connectivity index (χ4v) is 2.56. The standard InChI is InChI=1S/C13H18N4O3/c1-15(8-9-5-4-6-20-9)11-10(7-14)12(18)17(3)13(19)16(11)2/h9H,4-6,8H2,1-3H3. The van der Waals surface area contributed by atoms with Crippen LogP contribution in [-0.2, 0) is 18.8 Å². The number of anilines is 1. The van der Waals surface area contributed by atoms with Crippen LogP contribution in [0.25, 0.3) is 0 Å². The molecule has 1 aliphatic heterocycles. The number of hydrogen-bond donors (Lipinski definition) is 0. The van der Waals surface area contributed by atoms with Gasteiger partial charge in [-0.1, -0.05) is 0 Å². The van der Waals surface area contributed by atoms with Crippen molar-refractivity contribution in [2.24, 2.45) is 14.1 Å². The number of nitrogens with zero attached hydrogens (tertiary/aromatic N) is 4. The normalized spacial score (nSPS) is 18.0. The van der Waals surface area contributed by atoms with Gasteiger partial charge in [0.2, 0.25) is 0 Å². The Bertz CT molecular complexity index is 662. The number of nitriles is 1. The Morgan fingerprint density at radius 2 is 2.10 bits per heavy atom. The lowest BCUT2D eigenvalue weighted by molar-refractivity contribution is 0.116. The van der Waals surface area contributed by atoms with E-state index in [1.807, 2.05) is 6.07 Å². The Labute approximate surface area is 116 Å². The largest absolute Gasteiger partial charge is 0.376 e. The number of rotatable bonds is 3. The second-order valence-corrected chi connectivity index (χ2v) is 5.03. The highest BCUT2D eigenvalue weighted by Gasteiger charge is 2.23. The summed E-state index contributed by atoms with van der Waals surface area (Å²) in [6.45, 7) is 1.29. The molecule has 0 aromatic carbocycles. The molecule has 0 saturated carbocycles. The van der Waals surface area contributed by atoms with Crippen molar-refractivity contribution in [3.8, 4) is 6.07 Å². The van der Waals surface area contributed by atoms with E-state index in [9.17, 15) is 14.9 Å². The van der Waals surface area contributed by atoms with E-state index in [0.717, 1.165) is 24.0 Å². The van der Waals surface area contributed by atoms with E-state index in [1.165, 1.54) is 11.6 Å². The molecule has 1 saturated heterocycles. The van der Waals surface area contributed by atoms with E-state index >= 15 is 0 Å². The van der Waals surface area contributed by atoms with Gasteiger partial charge in [0.15, 0.2) is 5.56 Å². The summed E-state index contributed by atoms with van der Waals surface area (Å²) in [5.41, 5.74) is -1.02. The molecule has 2 rings (SSSR count). The third-order valence-corrected chi connectivity index (χ3v) is 3.61. The van der Waals surface area contributed by atoms with Crippen LogP contribution in [0.2, 0.25) is 0 Å². The summed E-state index contributed by atoms with van der Waals surface area (Å²) in [5, 5.41) is 9.21. The minimum Gasteiger partial charge on any atom is -0.376 e. The second kappa shape index (κ2) is 5.51. The maximum atomic E-state index is 12.0. The van der Waals surface area contributed by atoms with Crippen LogP contribution in [0.1, 0.15) is 18.4 Å². The summed E-state index contributed by atoms with van der Waals surface area (Å²) in [4.78, 5) is 25.7. The summed E-state index contributed by atoms with van der Waals surface area (Å²) in [5.74, 6) is 0.344. The van der Waals surface area contributed by atoms with Gasteiger partial charge in [-0.15, -0.1) is 0 Å². The summed E-state index contributed by atoms with van der Waals surface area (Å²) < 4.78 is 7.82. The van der Waals surface area contributed by atoms with Gasteiger partial charge in [0, 0.05) is 34.3 Å². The van der Waals surface area contributed by atoms with Gasteiger partial charge >= 0.3 is 5.69 Å². The van der Waals surface area contributed by atoms with Crippen LogP contribution in [0.3, 0.4) is 0 Å². The first kappa shape index (κ1) is 14.3. The Kier molecular flexibility index (Phi) is 3.95. The van der Waals surface area contributed by atoms with Crippen LogP contribution in [0, 0.1) is 11.3 Å². The van der Waals surface area contributed by atoms with Crippen molar-refractivity contribution in [1.29, 1.82) is 5.26 Å². The average Bonchev–Trinajstić information content (AvgIpc) is 2.92. The van der Waals surface area contributed by atoms with Crippen LogP contribution >= 0.6 is 0 Å². The number of likely N-dealkylation sites (N-methyl/N-ethyl adjacent to an activating group) is 1. The Hall–Kier alpha value is -2.07. The third-order valence-electron chi connectivity index (χ3n) is 3.61. The number of ether oxygens (including phenoxy) is 1. The van der Waals surface area contributed by atoms with E-state index in [2.05, 4.69) is 0 Å². The van der Waals surface area contributed by atoms with Crippen molar-refractivity contribution < 1.29 is 4.74 Å². The fraction of sp³-hybridized carbons (Fsp3) is 0.615. The van der Waals surface area contributed by atoms with Crippen molar-refractivity contribution in [1.82, 2.24) is 9.13 Å². The van der Waals surface area contributed by atoms with Crippen molar-refractivity contribution in [3.05, 3.63) is 26.4 Å². The molecule has 1 atom stereocenters. The molecule has 20 heavy (non-hydrogen) atoms. The van der Waals surface area contributed by atoms with Crippen LogP contribution in [0.5, 0.6) is 0 Å². The zero-order chi connectivity index (χ0) is 14.9. The molecule has 1 aliphatic rings. The van der Waals surface area contributed by atoms with Gasteiger partial charge in [-0.05, 0) is 12.8 Å². The van der Waals surface area contributed by atoms with E-state index in [1.54, 1.807) is 19.0 Å². The van der Waals surface area contributed by atoms with Crippen molar-refractivity contribution in [3.63, 3.8) is 0 Å². The number of hydrogen-bond acceptors (Lipinski definition) is 5. The van der Waals surface area contributed by atoms with Crippen LogP contribution in [0.15, 0.2) is 9.59 Å². The SMILES string of the molecule is CN(CC1CCCO1)c1c(C#N)c(=O)n(C)c(=O)n1C. The van der Waals surface area contributed by atoms with Crippen molar-refractivity contribution in [2.45, 2.75) is 18.9 Å². The van der Waals surface area contributed by atoms with E-state index < -0.39 is 11.2 Å². The van der Waals surface area contributed by atoms with E-state index in [-0.39, 0.29) is 11.7 Å². The zero-order valence-corrected chi connectivity index (χ0v) is 11.9. The summed E-state index contributed by atoms with van der Waals surface area (Å²) >= 11 is 0. The van der Waals surface area contributed by atoms with Crippen LogP contribution in [-0.4, -0.2) is 35.4 Å². The summed E-state index contributed by atoms with van der Waals surface area (Å²) in [7, 11) is 4.69. The molecule has 7 heteroatoms. The molecule has 0 radical (unpaired) electrons. The van der Waals surface area contributed by atoms with Crippen molar-refractivity contribution >= 4 is 5.82 Å². The molecule has 1 aromatic rings. The molecule has 0 N–H and O–H groups in total. The highest BCUT2D eigenvalue weighted by atomic mass is 16.5. The van der Waals surface area contributed by atoms with E-state index in [4.69, 9.17) is 4.74 Å². The van der Waals surface area contributed by atoms with Gasteiger partial charge in [-0.25, -0.2) is 4.79 Å². The first-order valence-corrected chi connectivity index (χ1v) is 6.50. The third kappa shape index (κ3) is 2.34. The molecule has 0 spiro atoms. The van der Waals surface area contributed by atoms with Crippen molar-refractivity contribution in [2.75, 3.05) is 25.1 Å². The lowest BCUT2D eigenvalue weighted by Crippen LogP contribution is -2.43. The fourth-order valence-electron chi connectivity index (χ4n) is 2.56. The molecular weight excluding hydrogens is 260 g/mol. The Morgan fingerprint density at radius 1 is 1.40 bits per heavy atom. The second-order valence-electron chi connectivity index (χ2n) is 5.03. The van der Waals surface area contributed by atoms with Crippen LogP contribution in [0.4, 0.5) is 5.82 Å². The molecule has 0 amide bonds. The highest BCUT2D eigenvalue weighted by molar-refractivity contribution is 5.53. The van der Waals surface area contributed by atoms with E-state index in [0.29, 0.717) is 12.4 Å². The summed E-state index contributed by atoms with van der Waals surface area (Å²) in [6, 6.07) is 1.90. The molecule has 1 fully saturated rings. The molecule has 1 aromatic heterocycles. The maximum Gasteiger partial charge on any atom is 0.332 e. The van der Waals surface area contributed by atoms with Gasteiger partial charge in [0.25, 0.3) is 5.56 Å². The van der Waals surface area contributed by atoms with Crippen LogP contribution < -0.4 is 16.1 Å². The number of aromatic nitrogens is 2. The van der Waals surface area contributed by atoms with Gasteiger partial charge in [-0.3, -0.25) is 13.9 Å². The molecule has 1 unspecified atom stereocenters. The molecular formula is C13H18N4O3. The first-order chi connectivity index (χ1) is 9.47. The monoisotopic (exact) mass is 278 g/mol. The topological polar surface area (TPSA) is 80.3 Å². The molecule has 0 bridgehead atoms. The average molecular weight is 278 g/mol. The molecule has 2 heterocycles. The molecule has 7 nitrogen and oxygen atoms in total. The molecule has 108 valence electrons. The predicted octanol–water partition coefficient (Wildman–Crippen LogP) is -0.429. The van der Waals surface area contributed by atoms with Gasteiger partial charge in [0.05, 0.1) is 6.10 Å². The minimum atomic E-state index is -0.565. The smallest absolute Gasteiger partial charge is 0.332 e. The Balaban J connectivity index is 2.47. The van der Waals surface area contributed by atoms with Gasteiger partial charge in [0.1, 0.15) is 11.9 Å². The lowest BCUT2D eigenvalue weighted by Gasteiger charge is -2.25. The minimum absolute atomic E-state index is 0.0184. The highest BCUT2D eigenvalue weighted by Crippen LogP contribution is 2.18. The van der Waals surface area contributed by atoms with Gasteiger partial charge < -0.3 is 9.64 Å². The molecule has 0 aliphatic carbocycles. The van der Waals surface area contributed by atoms with Gasteiger partial charge in [-0.2, -0.15) is 5.26 Å². The maximum absolute atomic E-state index is 12.0.